The van der Waals surface area contributed by atoms with Gasteiger partial charge in [0, 0.05) is 30.6 Å². The van der Waals surface area contributed by atoms with Gasteiger partial charge >= 0.3 is 0 Å². The van der Waals surface area contributed by atoms with E-state index in [9.17, 15) is 4.79 Å². The van der Waals surface area contributed by atoms with Crippen molar-refractivity contribution in [1.82, 2.24) is 25.5 Å². The third kappa shape index (κ3) is 4.43. The van der Waals surface area contributed by atoms with Gasteiger partial charge in [-0.3, -0.25) is 14.9 Å². The Bertz CT molecular complexity index is 553. The molecule has 0 unspecified atom stereocenters. The van der Waals surface area contributed by atoms with Gasteiger partial charge in [0.1, 0.15) is 0 Å². The van der Waals surface area contributed by atoms with Gasteiger partial charge in [0.2, 0.25) is 5.91 Å². The number of nitrogens with one attached hydrogen (secondary N) is 3. The van der Waals surface area contributed by atoms with Crippen LogP contribution in [0.5, 0.6) is 0 Å². The number of hydrogen-bond donors (Lipinski definition) is 3. The second-order valence-corrected chi connectivity index (χ2v) is 4.67. The molecule has 0 aliphatic carbocycles. The molecule has 0 aromatic carbocycles. The van der Waals surface area contributed by atoms with Gasteiger partial charge in [-0.05, 0) is 19.9 Å². The second-order valence-electron chi connectivity index (χ2n) is 4.67. The predicted octanol–water partition coefficient (Wildman–Crippen LogP) is 0.667. The van der Waals surface area contributed by atoms with Crippen molar-refractivity contribution in [3.63, 3.8) is 0 Å². The Morgan fingerprint density at radius 2 is 2.30 bits per heavy atom. The van der Waals surface area contributed by atoms with Gasteiger partial charge in [0.15, 0.2) is 5.82 Å². The lowest BCUT2D eigenvalue weighted by molar-refractivity contribution is -0.115. The van der Waals surface area contributed by atoms with Crippen LogP contribution in [0.4, 0.5) is 5.82 Å². The molecule has 0 saturated heterocycles. The molecular weight excluding hydrogens is 256 g/mol. The SMILES string of the molecule is Cc1cc(C[C@@H](C)NCC(=O)Nc2cnccn2)n[nH]1. The monoisotopic (exact) mass is 274 g/mol. The highest BCUT2D eigenvalue weighted by Crippen LogP contribution is 2.02. The highest BCUT2D eigenvalue weighted by atomic mass is 16.2. The molecule has 2 rings (SSSR count). The van der Waals surface area contributed by atoms with Crippen molar-refractivity contribution in [2.75, 3.05) is 11.9 Å². The number of amides is 1. The summed E-state index contributed by atoms with van der Waals surface area (Å²) in [7, 11) is 0. The molecule has 0 aliphatic heterocycles. The van der Waals surface area contributed by atoms with E-state index in [1.54, 1.807) is 6.20 Å². The first-order valence-electron chi connectivity index (χ1n) is 6.43. The van der Waals surface area contributed by atoms with Gasteiger partial charge in [-0.15, -0.1) is 0 Å². The van der Waals surface area contributed by atoms with Crippen molar-refractivity contribution in [3.05, 3.63) is 36.0 Å². The molecule has 1 atom stereocenters. The smallest absolute Gasteiger partial charge is 0.239 e. The van der Waals surface area contributed by atoms with Crippen LogP contribution in [-0.2, 0) is 11.2 Å². The maximum atomic E-state index is 11.7. The molecule has 0 bridgehead atoms. The zero-order valence-corrected chi connectivity index (χ0v) is 11.6. The quantitative estimate of drug-likeness (QED) is 0.719. The summed E-state index contributed by atoms with van der Waals surface area (Å²) in [6.45, 7) is 4.20. The molecule has 20 heavy (non-hydrogen) atoms. The van der Waals surface area contributed by atoms with Gasteiger partial charge in [0.05, 0.1) is 18.4 Å². The Balaban J connectivity index is 1.73. The van der Waals surface area contributed by atoms with E-state index in [0.717, 1.165) is 17.8 Å². The number of aromatic amines is 1. The minimum absolute atomic E-state index is 0.143. The van der Waals surface area contributed by atoms with E-state index in [-0.39, 0.29) is 18.5 Å². The number of carbonyl (C=O) groups is 1. The van der Waals surface area contributed by atoms with Gasteiger partial charge < -0.3 is 10.6 Å². The zero-order chi connectivity index (χ0) is 14.4. The number of rotatable bonds is 6. The number of hydrogen-bond acceptors (Lipinski definition) is 5. The third-order valence-corrected chi connectivity index (χ3v) is 2.72. The molecule has 0 fully saturated rings. The summed E-state index contributed by atoms with van der Waals surface area (Å²) in [6.07, 6.45) is 5.37. The minimum Gasteiger partial charge on any atom is -0.308 e. The fourth-order valence-electron chi connectivity index (χ4n) is 1.78. The average Bonchev–Trinajstić information content (AvgIpc) is 2.83. The van der Waals surface area contributed by atoms with Crippen molar-refractivity contribution in [2.24, 2.45) is 0 Å². The lowest BCUT2D eigenvalue weighted by Gasteiger charge is -2.12. The van der Waals surface area contributed by atoms with Crippen LogP contribution in [-0.4, -0.2) is 38.7 Å². The first-order valence-corrected chi connectivity index (χ1v) is 6.43. The van der Waals surface area contributed by atoms with Crippen molar-refractivity contribution < 1.29 is 4.79 Å². The average molecular weight is 274 g/mol. The Hall–Kier alpha value is -2.28. The van der Waals surface area contributed by atoms with Crippen LogP contribution in [0.3, 0.4) is 0 Å². The molecule has 2 aromatic rings. The van der Waals surface area contributed by atoms with E-state index in [2.05, 4.69) is 30.8 Å². The number of anilines is 1. The minimum atomic E-state index is -0.143. The van der Waals surface area contributed by atoms with E-state index < -0.39 is 0 Å². The summed E-state index contributed by atoms with van der Waals surface area (Å²) in [4.78, 5) is 19.6. The zero-order valence-electron chi connectivity index (χ0n) is 11.6. The summed E-state index contributed by atoms with van der Waals surface area (Å²) in [5, 5.41) is 12.9. The highest BCUT2D eigenvalue weighted by molar-refractivity contribution is 5.91. The molecule has 0 aliphatic rings. The van der Waals surface area contributed by atoms with Crippen LogP contribution in [0.25, 0.3) is 0 Å². The van der Waals surface area contributed by atoms with Crippen LogP contribution in [0.2, 0.25) is 0 Å². The molecule has 1 amide bonds. The van der Waals surface area contributed by atoms with E-state index in [4.69, 9.17) is 0 Å². The van der Waals surface area contributed by atoms with Gasteiger partial charge in [0.25, 0.3) is 0 Å². The molecule has 7 heteroatoms. The highest BCUT2D eigenvalue weighted by Gasteiger charge is 2.08. The molecule has 106 valence electrons. The maximum absolute atomic E-state index is 11.7. The van der Waals surface area contributed by atoms with E-state index >= 15 is 0 Å². The van der Waals surface area contributed by atoms with E-state index in [1.165, 1.54) is 12.4 Å². The van der Waals surface area contributed by atoms with Gasteiger partial charge in [-0.25, -0.2) is 4.98 Å². The maximum Gasteiger partial charge on any atom is 0.239 e. The summed E-state index contributed by atoms with van der Waals surface area (Å²) >= 11 is 0. The first-order chi connectivity index (χ1) is 9.63. The Labute approximate surface area is 117 Å². The van der Waals surface area contributed by atoms with Crippen molar-refractivity contribution in [3.8, 4) is 0 Å². The van der Waals surface area contributed by atoms with Crippen molar-refractivity contribution in [2.45, 2.75) is 26.3 Å². The number of aromatic nitrogens is 4. The fourth-order valence-corrected chi connectivity index (χ4v) is 1.78. The Morgan fingerprint density at radius 1 is 1.45 bits per heavy atom. The standard InChI is InChI=1S/C13H18N6O/c1-9(5-11-6-10(2)18-19-11)16-8-13(20)17-12-7-14-3-4-15-12/h3-4,6-7,9,16H,5,8H2,1-2H3,(H,18,19)(H,15,17,20)/t9-/m1/s1. The normalized spacial score (nSPS) is 12.1. The number of carbonyl (C=O) groups excluding carboxylic acids is 1. The van der Waals surface area contributed by atoms with Crippen molar-refractivity contribution in [1.29, 1.82) is 0 Å². The lowest BCUT2D eigenvalue weighted by Crippen LogP contribution is -2.35. The topological polar surface area (TPSA) is 95.6 Å². The first kappa shape index (κ1) is 14.1. The van der Waals surface area contributed by atoms with Crippen LogP contribution in [0.1, 0.15) is 18.3 Å². The Morgan fingerprint density at radius 3 is 2.95 bits per heavy atom. The van der Waals surface area contributed by atoms with Crippen LogP contribution >= 0.6 is 0 Å². The number of nitrogens with zero attached hydrogens (tertiary/aromatic N) is 3. The molecule has 0 radical (unpaired) electrons. The molecule has 7 nitrogen and oxygen atoms in total. The van der Waals surface area contributed by atoms with E-state index in [1.807, 2.05) is 19.9 Å². The van der Waals surface area contributed by atoms with Crippen molar-refractivity contribution >= 4 is 11.7 Å². The predicted molar refractivity (Wildman–Crippen MR) is 75.2 cm³/mol. The molecule has 2 aromatic heterocycles. The molecule has 2 heterocycles. The van der Waals surface area contributed by atoms with Gasteiger partial charge in [-0.2, -0.15) is 5.10 Å². The molecular formula is C13H18N6O. The van der Waals surface area contributed by atoms with E-state index in [0.29, 0.717) is 5.82 Å². The molecule has 3 N–H and O–H groups in total. The summed E-state index contributed by atoms with van der Waals surface area (Å²) in [5.41, 5.74) is 2.02. The number of aryl methyl sites for hydroxylation is 1. The summed E-state index contributed by atoms with van der Waals surface area (Å²) in [6, 6.07) is 2.16. The largest absolute Gasteiger partial charge is 0.308 e. The molecule has 0 spiro atoms. The van der Waals surface area contributed by atoms with Crippen LogP contribution < -0.4 is 10.6 Å². The summed E-state index contributed by atoms with van der Waals surface area (Å²) < 4.78 is 0. The summed E-state index contributed by atoms with van der Waals surface area (Å²) in [5.74, 6) is 0.311. The second kappa shape index (κ2) is 6.76. The Kier molecular flexibility index (Phi) is 4.78. The van der Waals surface area contributed by atoms with Gasteiger partial charge in [-0.1, -0.05) is 0 Å². The molecule has 0 saturated carbocycles. The van der Waals surface area contributed by atoms with Crippen LogP contribution in [0, 0.1) is 6.92 Å². The van der Waals surface area contributed by atoms with Crippen LogP contribution in [0.15, 0.2) is 24.7 Å². The lowest BCUT2D eigenvalue weighted by atomic mass is 10.2. The fraction of sp³-hybridized carbons (Fsp3) is 0.385. The third-order valence-electron chi connectivity index (χ3n) is 2.72. The number of H-pyrrole nitrogens is 1.